The lowest BCUT2D eigenvalue weighted by molar-refractivity contribution is 0.604. The molecule has 0 spiro atoms. The fourth-order valence-electron chi connectivity index (χ4n) is 0.921. The van der Waals surface area contributed by atoms with Crippen LogP contribution in [0.1, 0.15) is 19.4 Å². The molecule has 1 aromatic heterocycles. The molecule has 0 aliphatic rings. The molecule has 0 N–H and O–H groups in total. The van der Waals surface area contributed by atoms with Crippen LogP contribution in [-0.2, 0) is 5.41 Å². The second-order valence-corrected chi connectivity index (χ2v) is 3.59. The molecule has 4 heteroatoms. The molecule has 0 radical (unpaired) electrons. The quantitative estimate of drug-likeness (QED) is 0.651. The van der Waals surface area contributed by atoms with Crippen LogP contribution in [0.5, 0.6) is 0 Å². The van der Waals surface area contributed by atoms with Crippen LogP contribution in [0.3, 0.4) is 0 Å². The third kappa shape index (κ3) is 1.96. The van der Waals surface area contributed by atoms with Crippen LogP contribution in [-0.4, -0.2) is 4.98 Å². The molecule has 0 aromatic carbocycles. The zero-order valence-electron chi connectivity index (χ0n) is 7.31. The first-order chi connectivity index (χ1) is 5.97. The van der Waals surface area contributed by atoms with Crippen molar-refractivity contribution in [1.29, 1.82) is 5.26 Å². The monoisotopic (exact) mass is 198 g/mol. The van der Waals surface area contributed by atoms with Gasteiger partial charge in [0, 0.05) is 5.56 Å². The summed E-state index contributed by atoms with van der Waals surface area (Å²) >= 11 is 5.73. The van der Waals surface area contributed by atoms with E-state index in [0.29, 0.717) is 5.56 Å². The maximum Gasteiger partial charge on any atom is 0.141 e. The van der Waals surface area contributed by atoms with Crippen molar-refractivity contribution >= 4 is 11.6 Å². The van der Waals surface area contributed by atoms with Gasteiger partial charge >= 0.3 is 0 Å². The molecule has 0 saturated carbocycles. The Morgan fingerprint density at radius 3 is 2.77 bits per heavy atom. The van der Waals surface area contributed by atoms with Crippen molar-refractivity contribution < 1.29 is 4.39 Å². The third-order valence-corrected chi connectivity index (χ3v) is 2.06. The lowest BCUT2D eigenvalue weighted by Gasteiger charge is -2.16. The molecule has 1 heterocycles. The number of aromatic nitrogens is 1. The Kier molecular flexibility index (Phi) is 2.53. The molecule has 0 aliphatic carbocycles. The average molecular weight is 199 g/mol. The highest BCUT2D eigenvalue weighted by Crippen LogP contribution is 2.27. The second kappa shape index (κ2) is 3.31. The highest BCUT2D eigenvalue weighted by molar-refractivity contribution is 6.30. The maximum atomic E-state index is 12.8. The van der Waals surface area contributed by atoms with Gasteiger partial charge in [-0.15, -0.1) is 0 Å². The van der Waals surface area contributed by atoms with Gasteiger partial charge in [-0.1, -0.05) is 11.6 Å². The summed E-state index contributed by atoms with van der Waals surface area (Å²) in [6, 6.07) is 3.27. The molecule has 0 amide bonds. The van der Waals surface area contributed by atoms with Crippen molar-refractivity contribution in [3.8, 4) is 6.07 Å². The van der Waals surface area contributed by atoms with E-state index < -0.39 is 11.2 Å². The first-order valence-corrected chi connectivity index (χ1v) is 4.08. The van der Waals surface area contributed by atoms with Gasteiger partial charge in [-0.3, -0.25) is 0 Å². The topological polar surface area (TPSA) is 36.7 Å². The van der Waals surface area contributed by atoms with E-state index in [0.717, 1.165) is 6.20 Å². The van der Waals surface area contributed by atoms with E-state index in [4.69, 9.17) is 16.9 Å². The minimum absolute atomic E-state index is 0.174. The molecule has 13 heavy (non-hydrogen) atoms. The Morgan fingerprint density at radius 1 is 1.62 bits per heavy atom. The third-order valence-electron chi connectivity index (χ3n) is 1.76. The zero-order valence-corrected chi connectivity index (χ0v) is 8.06. The fourth-order valence-corrected chi connectivity index (χ4v) is 1.26. The summed E-state index contributed by atoms with van der Waals surface area (Å²) in [5.74, 6) is -0.484. The summed E-state index contributed by atoms with van der Waals surface area (Å²) in [7, 11) is 0. The highest BCUT2D eigenvalue weighted by atomic mass is 35.5. The van der Waals surface area contributed by atoms with Crippen molar-refractivity contribution in [3.05, 3.63) is 28.8 Å². The summed E-state index contributed by atoms with van der Waals surface area (Å²) in [4.78, 5) is 3.63. The highest BCUT2D eigenvalue weighted by Gasteiger charge is 2.23. The minimum atomic E-state index is -0.813. The normalized spacial score (nSPS) is 11.0. The maximum absolute atomic E-state index is 12.8. The SMILES string of the molecule is CC(C)(C#N)c1cc(F)cnc1Cl. The van der Waals surface area contributed by atoms with Crippen LogP contribution in [0.2, 0.25) is 5.15 Å². The Labute approximate surface area is 81.0 Å². The Bertz CT molecular complexity index is 368. The lowest BCUT2D eigenvalue weighted by atomic mass is 9.87. The minimum Gasteiger partial charge on any atom is -0.241 e. The largest absolute Gasteiger partial charge is 0.241 e. The summed E-state index contributed by atoms with van der Waals surface area (Å²) in [6.07, 6.45) is 1.03. The van der Waals surface area contributed by atoms with Gasteiger partial charge in [0.05, 0.1) is 17.7 Å². The molecular formula is C9H8ClFN2. The van der Waals surface area contributed by atoms with Gasteiger partial charge in [-0.25, -0.2) is 9.37 Å². The fraction of sp³-hybridized carbons (Fsp3) is 0.333. The summed E-state index contributed by atoms with van der Waals surface area (Å²) in [6.45, 7) is 3.32. The van der Waals surface area contributed by atoms with Gasteiger partial charge in [0.15, 0.2) is 0 Å². The number of rotatable bonds is 1. The first-order valence-electron chi connectivity index (χ1n) is 3.70. The van der Waals surface area contributed by atoms with Crippen LogP contribution in [0.4, 0.5) is 4.39 Å². The van der Waals surface area contributed by atoms with Crippen LogP contribution < -0.4 is 0 Å². The molecule has 1 rings (SSSR count). The smallest absolute Gasteiger partial charge is 0.141 e. The van der Waals surface area contributed by atoms with Crippen molar-refractivity contribution in [2.75, 3.05) is 0 Å². The van der Waals surface area contributed by atoms with Gasteiger partial charge in [-0.05, 0) is 19.9 Å². The summed E-state index contributed by atoms with van der Waals surface area (Å²) in [5.41, 5.74) is -0.400. The molecule has 0 saturated heterocycles. The number of hydrogen-bond acceptors (Lipinski definition) is 2. The standard InChI is InChI=1S/C9H8ClFN2/c1-9(2,5-12)7-3-6(11)4-13-8(7)10/h3-4H,1-2H3. The van der Waals surface area contributed by atoms with Crippen LogP contribution in [0, 0.1) is 17.1 Å². The molecule has 0 aliphatic heterocycles. The van der Waals surface area contributed by atoms with Crippen molar-refractivity contribution in [3.63, 3.8) is 0 Å². The lowest BCUT2D eigenvalue weighted by Crippen LogP contribution is -2.15. The van der Waals surface area contributed by atoms with E-state index in [9.17, 15) is 4.39 Å². The zero-order chi connectivity index (χ0) is 10.1. The van der Waals surface area contributed by atoms with Gasteiger partial charge in [-0.2, -0.15) is 5.26 Å². The molecule has 0 atom stereocenters. The first kappa shape index (κ1) is 9.94. The number of nitrogens with zero attached hydrogens (tertiary/aromatic N) is 2. The Balaban J connectivity index is 3.30. The molecule has 0 fully saturated rings. The summed E-state index contributed by atoms with van der Waals surface area (Å²) in [5, 5.41) is 8.98. The molecule has 0 bridgehead atoms. The van der Waals surface area contributed by atoms with E-state index in [-0.39, 0.29) is 5.15 Å². The number of nitriles is 1. The summed E-state index contributed by atoms with van der Waals surface area (Å²) < 4.78 is 12.8. The Morgan fingerprint density at radius 2 is 2.23 bits per heavy atom. The van der Waals surface area contributed by atoms with E-state index in [1.807, 2.05) is 6.07 Å². The van der Waals surface area contributed by atoms with Gasteiger partial charge in [0.25, 0.3) is 0 Å². The van der Waals surface area contributed by atoms with E-state index >= 15 is 0 Å². The number of pyridine rings is 1. The predicted octanol–water partition coefficient (Wildman–Crippen LogP) is 2.68. The van der Waals surface area contributed by atoms with Gasteiger partial charge < -0.3 is 0 Å². The predicted molar refractivity (Wildman–Crippen MR) is 47.8 cm³/mol. The Hall–Kier alpha value is -1.14. The van der Waals surface area contributed by atoms with Gasteiger partial charge in [0.2, 0.25) is 0 Å². The molecule has 0 unspecified atom stereocenters. The van der Waals surface area contributed by atoms with Crippen molar-refractivity contribution in [2.45, 2.75) is 19.3 Å². The van der Waals surface area contributed by atoms with Crippen molar-refractivity contribution in [2.24, 2.45) is 0 Å². The number of halogens is 2. The second-order valence-electron chi connectivity index (χ2n) is 3.23. The van der Waals surface area contributed by atoms with Crippen molar-refractivity contribution in [1.82, 2.24) is 4.98 Å². The molecule has 1 aromatic rings. The number of hydrogen-bond donors (Lipinski definition) is 0. The van der Waals surface area contributed by atoms with Crippen LogP contribution in [0.15, 0.2) is 12.3 Å². The van der Waals surface area contributed by atoms with Crippen LogP contribution >= 0.6 is 11.6 Å². The van der Waals surface area contributed by atoms with E-state index in [2.05, 4.69) is 4.98 Å². The van der Waals surface area contributed by atoms with E-state index in [1.165, 1.54) is 6.07 Å². The van der Waals surface area contributed by atoms with Crippen LogP contribution in [0.25, 0.3) is 0 Å². The average Bonchev–Trinajstić information content (AvgIpc) is 2.09. The molecule has 68 valence electrons. The van der Waals surface area contributed by atoms with E-state index in [1.54, 1.807) is 13.8 Å². The molecular weight excluding hydrogens is 191 g/mol. The molecule has 2 nitrogen and oxygen atoms in total. The van der Waals surface area contributed by atoms with Gasteiger partial charge in [0.1, 0.15) is 11.0 Å².